The molecule has 5 rings (SSSR count). The van der Waals surface area contributed by atoms with E-state index in [1.165, 1.54) is 18.2 Å². The molecule has 0 radical (unpaired) electrons. The SMILES string of the molecule is C=CC(=O)N1CCCC[C@H]1c1nc(-c2ccc(OCc3cccc(F)c3F)cc2)c2c(C)nccn12. The van der Waals surface area contributed by atoms with Crippen molar-refractivity contribution in [1.82, 2.24) is 19.3 Å². The predicted molar refractivity (Wildman–Crippen MR) is 132 cm³/mol. The number of benzene rings is 2. The van der Waals surface area contributed by atoms with E-state index >= 15 is 0 Å². The molecule has 6 nitrogen and oxygen atoms in total. The van der Waals surface area contributed by atoms with Crippen molar-refractivity contribution in [3.05, 3.63) is 96.2 Å². The number of hydrogen-bond acceptors (Lipinski definition) is 4. The molecule has 0 N–H and O–H groups in total. The molecule has 36 heavy (non-hydrogen) atoms. The number of fused-ring (bicyclic) bond motifs is 1. The lowest BCUT2D eigenvalue weighted by molar-refractivity contribution is -0.129. The summed E-state index contributed by atoms with van der Waals surface area (Å²) in [6.07, 6.45) is 7.76. The highest BCUT2D eigenvalue weighted by Gasteiger charge is 2.31. The predicted octanol–water partition coefficient (Wildman–Crippen LogP) is 5.80. The molecule has 8 heteroatoms. The number of carbonyl (C=O) groups excluding carboxylic acids is 1. The fourth-order valence-corrected chi connectivity index (χ4v) is 4.77. The number of hydrogen-bond donors (Lipinski definition) is 0. The van der Waals surface area contributed by atoms with Crippen LogP contribution in [-0.2, 0) is 11.4 Å². The van der Waals surface area contributed by atoms with E-state index in [-0.39, 0.29) is 24.1 Å². The van der Waals surface area contributed by atoms with E-state index in [0.29, 0.717) is 12.3 Å². The van der Waals surface area contributed by atoms with Crippen molar-refractivity contribution < 1.29 is 18.3 Å². The second-order valence-corrected chi connectivity index (χ2v) is 8.82. The molecular formula is C28H26F2N4O2. The molecule has 0 bridgehead atoms. The molecule has 3 heterocycles. The van der Waals surface area contributed by atoms with E-state index in [4.69, 9.17) is 9.72 Å². The Hall–Kier alpha value is -4.07. The summed E-state index contributed by atoms with van der Waals surface area (Å²) in [7, 11) is 0. The lowest BCUT2D eigenvalue weighted by Crippen LogP contribution is -2.38. The third kappa shape index (κ3) is 4.34. The van der Waals surface area contributed by atoms with Gasteiger partial charge in [-0.25, -0.2) is 13.8 Å². The van der Waals surface area contributed by atoms with Crippen LogP contribution < -0.4 is 4.74 Å². The van der Waals surface area contributed by atoms with Gasteiger partial charge in [0.15, 0.2) is 11.6 Å². The van der Waals surface area contributed by atoms with Crippen molar-refractivity contribution in [3.63, 3.8) is 0 Å². The average Bonchev–Trinajstić information content (AvgIpc) is 3.30. The maximum Gasteiger partial charge on any atom is 0.246 e. The third-order valence-corrected chi connectivity index (χ3v) is 6.58. The molecule has 1 fully saturated rings. The van der Waals surface area contributed by atoms with Gasteiger partial charge in [0.1, 0.15) is 18.2 Å². The minimum Gasteiger partial charge on any atom is -0.489 e. The number of aryl methyl sites for hydroxylation is 1. The van der Waals surface area contributed by atoms with Crippen molar-refractivity contribution in [2.75, 3.05) is 6.54 Å². The Morgan fingerprint density at radius 1 is 1.19 bits per heavy atom. The monoisotopic (exact) mass is 488 g/mol. The van der Waals surface area contributed by atoms with Gasteiger partial charge < -0.3 is 9.64 Å². The first-order valence-corrected chi connectivity index (χ1v) is 11.9. The number of amides is 1. The zero-order valence-corrected chi connectivity index (χ0v) is 20.0. The first kappa shape index (κ1) is 23.7. The van der Waals surface area contributed by atoms with Crippen molar-refractivity contribution in [2.45, 2.75) is 38.8 Å². The number of aromatic nitrogens is 3. The average molecular weight is 489 g/mol. The fourth-order valence-electron chi connectivity index (χ4n) is 4.77. The molecule has 0 aliphatic carbocycles. The van der Waals surface area contributed by atoms with Gasteiger partial charge in [0.2, 0.25) is 5.91 Å². The van der Waals surface area contributed by atoms with Gasteiger partial charge >= 0.3 is 0 Å². The van der Waals surface area contributed by atoms with Crippen LogP contribution >= 0.6 is 0 Å². The standard InChI is InChI=1S/C28H26F2N4O2/c1-3-24(35)33-15-5-4-9-23(33)28-32-26(27-18(2)31-14-16-34(27)28)19-10-12-21(13-11-19)36-17-20-7-6-8-22(29)25(20)30/h3,6-8,10-14,16,23H,1,4-5,9,15,17H2,2H3/t23-/m0/s1. The van der Waals surface area contributed by atoms with Crippen LogP contribution in [0.3, 0.4) is 0 Å². The highest BCUT2D eigenvalue weighted by atomic mass is 19.2. The Balaban J connectivity index is 1.47. The van der Waals surface area contributed by atoms with Crippen LogP contribution in [0.5, 0.6) is 5.75 Å². The molecule has 1 aliphatic heterocycles. The summed E-state index contributed by atoms with van der Waals surface area (Å²) in [6.45, 7) is 6.18. The zero-order chi connectivity index (χ0) is 25.2. The van der Waals surface area contributed by atoms with E-state index in [1.54, 1.807) is 18.3 Å². The first-order chi connectivity index (χ1) is 17.5. The van der Waals surface area contributed by atoms with Crippen molar-refractivity contribution in [2.24, 2.45) is 0 Å². The Kier molecular flexibility index (Phi) is 6.50. The third-order valence-electron chi connectivity index (χ3n) is 6.58. The number of rotatable bonds is 6. The zero-order valence-electron chi connectivity index (χ0n) is 20.0. The Morgan fingerprint density at radius 3 is 2.78 bits per heavy atom. The van der Waals surface area contributed by atoms with Crippen LogP contribution in [0.2, 0.25) is 0 Å². The molecular weight excluding hydrogens is 462 g/mol. The molecule has 2 aromatic heterocycles. The summed E-state index contributed by atoms with van der Waals surface area (Å²) >= 11 is 0. The van der Waals surface area contributed by atoms with Crippen LogP contribution in [0.15, 0.2) is 67.5 Å². The lowest BCUT2D eigenvalue weighted by atomic mass is 10.0. The number of piperidine rings is 1. The normalized spacial score (nSPS) is 15.8. The quantitative estimate of drug-likeness (QED) is 0.322. The smallest absolute Gasteiger partial charge is 0.246 e. The molecule has 184 valence electrons. The highest BCUT2D eigenvalue weighted by molar-refractivity contribution is 5.87. The molecule has 0 saturated carbocycles. The van der Waals surface area contributed by atoms with E-state index in [9.17, 15) is 13.6 Å². The summed E-state index contributed by atoms with van der Waals surface area (Å²) in [4.78, 5) is 23.9. The molecule has 4 aromatic rings. The molecule has 2 aromatic carbocycles. The second kappa shape index (κ2) is 9.89. The maximum absolute atomic E-state index is 13.9. The molecule has 1 aliphatic rings. The highest BCUT2D eigenvalue weighted by Crippen LogP contribution is 2.35. The van der Waals surface area contributed by atoms with E-state index in [2.05, 4.69) is 11.6 Å². The number of likely N-dealkylation sites (tertiary alicyclic amines) is 1. The molecule has 1 amide bonds. The van der Waals surface area contributed by atoms with Gasteiger partial charge in [-0.1, -0.05) is 18.7 Å². The first-order valence-electron chi connectivity index (χ1n) is 11.9. The van der Waals surface area contributed by atoms with Gasteiger partial charge in [-0.05, 0) is 62.6 Å². The van der Waals surface area contributed by atoms with Gasteiger partial charge in [-0.15, -0.1) is 0 Å². The van der Waals surface area contributed by atoms with Gasteiger partial charge in [-0.2, -0.15) is 0 Å². The summed E-state index contributed by atoms with van der Waals surface area (Å²) < 4.78 is 35.1. The summed E-state index contributed by atoms with van der Waals surface area (Å²) in [6, 6.07) is 11.2. The topological polar surface area (TPSA) is 59.7 Å². The summed E-state index contributed by atoms with van der Waals surface area (Å²) in [5, 5.41) is 0. The van der Waals surface area contributed by atoms with Gasteiger partial charge in [-0.3, -0.25) is 14.2 Å². The maximum atomic E-state index is 13.9. The van der Waals surface area contributed by atoms with E-state index in [1.807, 2.05) is 34.6 Å². The number of nitrogens with zero attached hydrogens (tertiary/aromatic N) is 4. The Morgan fingerprint density at radius 2 is 2.00 bits per heavy atom. The number of ether oxygens (including phenoxy) is 1. The van der Waals surface area contributed by atoms with Crippen molar-refractivity contribution in [3.8, 4) is 17.0 Å². The largest absolute Gasteiger partial charge is 0.489 e. The van der Waals surface area contributed by atoms with Crippen molar-refractivity contribution in [1.29, 1.82) is 0 Å². The Labute approximate surface area is 207 Å². The van der Waals surface area contributed by atoms with Crippen LogP contribution in [0.25, 0.3) is 16.8 Å². The van der Waals surface area contributed by atoms with Crippen LogP contribution in [0.4, 0.5) is 8.78 Å². The molecule has 0 unspecified atom stereocenters. The summed E-state index contributed by atoms with van der Waals surface area (Å²) in [5.74, 6) is -0.580. The van der Waals surface area contributed by atoms with E-state index in [0.717, 1.165) is 53.6 Å². The minimum absolute atomic E-state index is 0.0849. The molecule has 0 spiro atoms. The van der Waals surface area contributed by atoms with Crippen LogP contribution in [0.1, 0.15) is 42.4 Å². The van der Waals surface area contributed by atoms with Gasteiger partial charge in [0.05, 0.1) is 22.9 Å². The van der Waals surface area contributed by atoms with Crippen LogP contribution in [-0.4, -0.2) is 31.7 Å². The number of halogens is 2. The van der Waals surface area contributed by atoms with Gasteiger partial charge in [0, 0.05) is 30.1 Å². The Bertz CT molecular complexity index is 1430. The molecule has 1 atom stereocenters. The van der Waals surface area contributed by atoms with Crippen LogP contribution in [0, 0.1) is 18.6 Å². The number of carbonyl (C=O) groups is 1. The second-order valence-electron chi connectivity index (χ2n) is 8.82. The number of imidazole rings is 1. The van der Waals surface area contributed by atoms with E-state index < -0.39 is 11.6 Å². The lowest BCUT2D eigenvalue weighted by Gasteiger charge is -2.34. The minimum atomic E-state index is -0.902. The van der Waals surface area contributed by atoms with Crippen molar-refractivity contribution >= 4 is 11.4 Å². The van der Waals surface area contributed by atoms with Gasteiger partial charge in [0.25, 0.3) is 0 Å². The fraction of sp³-hybridized carbons (Fsp3) is 0.250. The molecule has 1 saturated heterocycles. The summed E-state index contributed by atoms with van der Waals surface area (Å²) in [5.41, 5.74) is 3.47.